The Bertz CT molecular complexity index is 1300. The van der Waals surface area contributed by atoms with Crippen LogP contribution in [-0.2, 0) is 9.53 Å². The summed E-state index contributed by atoms with van der Waals surface area (Å²) in [6.45, 7) is 1.89. The SMILES string of the molecule is COC(=O)c1cc2ccccc2cc1NC(=O)/C=C(/C)c1ccc2ccccc2c1. The van der Waals surface area contributed by atoms with Crippen LogP contribution in [0.2, 0.25) is 0 Å². The van der Waals surface area contributed by atoms with Gasteiger partial charge in [0.1, 0.15) is 0 Å². The number of rotatable bonds is 4. The first kappa shape index (κ1) is 19.4. The Labute approximate surface area is 174 Å². The fourth-order valence-corrected chi connectivity index (χ4v) is 3.51. The number of hydrogen-bond acceptors (Lipinski definition) is 3. The number of carbonyl (C=O) groups excluding carboxylic acids is 2. The Morgan fingerprint density at radius 1 is 0.800 bits per heavy atom. The quantitative estimate of drug-likeness (QED) is 0.350. The van der Waals surface area contributed by atoms with Crippen molar-refractivity contribution in [2.75, 3.05) is 12.4 Å². The van der Waals surface area contributed by atoms with Gasteiger partial charge in [0, 0.05) is 6.08 Å². The topological polar surface area (TPSA) is 55.4 Å². The van der Waals surface area contributed by atoms with Gasteiger partial charge in [-0.1, -0.05) is 60.7 Å². The number of hydrogen-bond donors (Lipinski definition) is 1. The summed E-state index contributed by atoms with van der Waals surface area (Å²) in [5.41, 5.74) is 2.55. The van der Waals surface area contributed by atoms with Crippen molar-refractivity contribution in [2.45, 2.75) is 6.92 Å². The number of methoxy groups -OCH3 is 1. The van der Waals surface area contributed by atoms with Crippen LogP contribution < -0.4 is 5.32 Å². The monoisotopic (exact) mass is 395 g/mol. The van der Waals surface area contributed by atoms with Crippen LogP contribution in [0.1, 0.15) is 22.8 Å². The van der Waals surface area contributed by atoms with Gasteiger partial charge in [-0.05, 0) is 57.8 Å². The Hall–Kier alpha value is -3.92. The molecule has 0 radical (unpaired) electrons. The molecule has 4 heteroatoms. The molecule has 4 rings (SSSR count). The van der Waals surface area contributed by atoms with Gasteiger partial charge < -0.3 is 10.1 Å². The largest absolute Gasteiger partial charge is 0.465 e. The summed E-state index contributed by atoms with van der Waals surface area (Å²) in [7, 11) is 1.33. The molecule has 4 aromatic rings. The van der Waals surface area contributed by atoms with Crippen molar-refractivity contribution in [1.29, 1.82) is 0 Å². The molecule has 4 nitrogen and oxygen atoms in total. The number of esters is 1. The van der Waals surface area contributed by atoms with Crippen molar-refractivity contribution in [3.8, 4) is 0 Å². The smallest absolute Gasteiger partial charge is 0.339 e. The molecule has 1 N–H and O–H groups in total. The molecule has 0 heterocycles. The third-order valence-electron chi connectivity index (χ3n) is 5.10. The van der Waals surface area contributed by atoms with Gasteiger partial charge in [0.25, 0.3) is 0 Å². The molecule has 0 bridgehead atoms. The minimum Gasteiger partial charge on any atom is -0.465 e. The van der Waals surface area contributed by atoms with E-state index in [1.165, 1.54) is 7.11 Å². The Morgan fingerprint density at radius 2 is 1.40 bits per heavy atom. The number of anilines is 1. The maximum Gasteiger partial charge on any atom is 0.339 e. The summed E-state index contributed by atoms with van der Waals surface area (Å²) in [6, 6.07) is 25.4. The molecule has 0 aliphatic heterocycles. The maximum absolute atomic E-state index is 12.7. The summed E-state index contributed by atoms with van der Waals surface area (Å²) in [6.07, 6.45) is 1.54. The summed E-state index contributed by atoms with van der Waals surface area (Å²) >= 11 is 0. The van der Waals surface area contributed by atoms with Crippen molar-refractivity contribution >= 4 is 44.7 Å². The van der Waals surface area contributed by atoms with Crippen molar-refractivity contribution in [3.05, 3.63) is 96.1 Å². The van der Waals surface area contributed by atoms with E-state index in [2.05, 4.69) is 17.4 Å². The second-order valence-electron chi connectivity index (χ2n) is 7.12. The number of fused-ring (bicyclic) bond motifs is 2. The lowest BCUT2D eigenvalue weighted by atomic mass is 10.0. The fourth-order valence-electron chi connectivity index (χ4n) is 3.51. The summed E-state index contributed by atoms with van der Waals surface area (Å²) < 4.78 is 4.89. The van der Waals surface area contributed by atoms with Crippen molar-refractivity contribution in [3.63, 3.8) is 0 Å². The summed E-state index contributed by atoms with van der Waals surface area (Å²) in [5.74, 6) is -0.799. The van der Waals surface area contributed by atoms with Crippen LogP contribution >= 0.6 is 0 Å². The van der Waals surface area contributed by atoms with Gasteiger partial charge in [-0.2, -0.15) is 0 Å². The van der Waals surface area contributed by atoms with Crippen LogP contribution in [0.15, 0.2) is 84.9 Å². The van der Waals surface area contributed by atoms with E-state index in [0.717, 1.165) is 32.7 Å². The lowest BCUT2D eigenvalue weighted by Crippen LogP contribution is -2.13. The zero-order chi connectivity index (χ0) is 21.1. The van der Waals surface area contributed by atoms with Crippen molar-refractivity contribution < 1.29 is 14.3 Å². The lowest BCUT2D eigenvalue weighted by molar-refractivity contribution is -0.111. The Balaban J connectivity index is 1.65. The van der Waals surface area contributed by atoms with Gasteiger partial charge in [0.05, 0.1) is 18.4 Å². The van der Waals surface area contributed by atoms with Gasteiger partial charge in [0.2, 0.25) is 5.91 Å². The van der Waals surface area contributed by atoms with Gasteiger partial charge in [-0.3, -0.25) is 4.79 Å². The van der Waals surface area contributed by atoms with E-state index in [1.54, 1.807) is 18.2 Å². The van der Waals surface area contributed by atoms with Crippen LogP contribution in [0.3, 0.4) is 0 Å². The zero-order valence-corrected chi connectivity index (χ0v) is 16.8. The summed E-state index contributed by atoms with van der Waals surface area (Å²) in [4.78, 5) is 25.0. The number of amides is 1. The Morgan fingerprint density at radius 3 is 2.07 bits per heavy atom. The first-order valence-electron chi connectivity index (χ1n) is 9.65. The molecular weight excluding hydrogens is 374 g/mol. The molecule has 0 unspecified atom stereocenters. The van der Waals surface area contributed by atoms with Crippen molar-refractivity contribution in [1.82, 2.24) is 0 Å². The zero-order valence-electron chi connectivity index (χ0n) is 16.8. The highest BCUT2D eigenvalue weighted by Crippen LogP contribution is 2.26. The van der Waals surface area contributed by atoms with Gasteiger partial charge in [-0.25, -0.2) is 4.79 Å². The van der Waals surface area contributed by atoms with Crippen LogP contribution in [0, 0.1) is 0 Å². The molecule has 0 atom stereocenters. The molecule has 148 valence electrons. The minimum atomic E-state index is -0.494. The number of allylic oxidation sites excluding steroid dienone is 1. The molecule has 1 amide bonds. The second-order valence-corrected chi connectivity index (χ2v) is 7.12. The second kappa shape index (κ2) is 8.21. The van der Waals surface area contributed by atoms with Crippen molar-refractivity contribution in [2.24, 2.45) is 0 Å². The number of carbonyl (C=O) groups is 2. The third kappa shape index (κ3) is 3.94. The normalized spacial score (nSPS) is 11.5. The summed E-state index contributed by atoms with van der Waals surface area (Å²) in [5, 5.41) is 6.93. The van der Waals surface area contributed by atoms with E-state index in [4.69, 9.17) is 4.74 Å². The van der Waals surface area contributed by atoms with Crippen LogP contribution in [0.5, 0.6) is 0 Å². The van der Waals surface area contributed by atoms with Gasteiger partial charge >= 0.3 is 5.97 Å². The minimum absolute atomic E-state index is 0.305. The average molecular weight is 395 g/mol. The molecule has 0 saturated heterocycles. The van der Waals surface area contributed by atoms with Gasteiger partial charge in [0.15, 0.2) is 0 Å². The fraction of sp³-hybridized carbons (Fsp3) is 0.0769. The van der Waals surface area contributed by atoms with Gasteiger partial charge in [-0.15, -0.1) is 0 Å². The molecule has 0 spiro atoms. The number of nitrogens with one attached hydrogen (secondary N) is 1. The standard InChI is InChI=1S/C26H21NO3/c1-17(19-12-11-18-7-3-4-8-20(18)14-19)13-25(28)27-24-16-22-10-6-5-9-21(22)15-23(24)26(29)30-2/h3-16H,1-2H3,(H,27,28)/b17-13-. The van der Waals surface area contributed by atoms with Crippen LogP contribution in [0.4, 0.5) is 5.69 Å². The highest BCUT2D eigenvalue weighted by Gasteiger charge is 2.15. The van der Waals surface area contributed by atoms with E-state index < -0.39 is 5.97 Å². The number of ether oxygens (including phenoxy) is 1. The number of benzene rings is 4. The lowest BCUT2D eigenvalue weighted by Gasteiger charge is -2.11. The van der Waals surface area contributed by atoms with Crippen LogP contribution in [0.25, 0.3) is 27.1 Å². The van der Waals surface area contributed by atoms with E-state index in [9.17, 15) is 9.59 Å². The first-order chi connectivity index (χ1) is 14.5. The van der Waals surface area contributed by atoms with E-state index in [-0.39, 0.29) is 5.91 Å². The molecule has 0 aliphatic rings. The van der Waals surface area contributed by atoms with E-state index in [0.29, 0.717) is 11.3 Å². The average Bonchev–Trinajstić information content (AvgIpc) is 2.77. The molecule has 0 fully saturated rings. The van der Waals surface area contributed by atoms with E-state index in [1.807, 2.05) is 61.5 Å². The molecular formula is C26H21NO3. The van der Waals surface area contributed by atoms with Crippen LogP contribution in [-0.4, -0.2) is 19.0 Å². The third-order valence-corrected chi connectivity index (χ3v) is 5.10. The molecule has 0 saturated carbocycles. The predicted molar refractivity (Wildman–Crippen MR) is 122 cm³/mol. The molecule has 30 heavy (non-hydrogen) atoms. The van der Waals surface area contributed by atoms with E-state index >= 15 is 0 Å². The molecule has 4 aromatic carbocycles. The Kier molecular flexibility index (Phi) is 5.31. The highest BCUT2D eigenvalue weighted by molar-refractivity contribution is 6.10. The highest BCUT2D eigenvalue weighted by atomic mass is 16.5. The predicted octanol–water partition coefficient (Wildman–Crippen LogP) is 5.82. The first-order valence-corrected chi connectivity index (χ1v) is 9.65. The molecule has 0 aromatic heterocycles. The molecule has 0 aliphatic carbocycles. The maximum atomic E-state index is 12.7.